The summed E-state index contributed by atoms with van der Waals surface area (Å²) in [6.45, 7) is -1.25. The number of halogens is 2. The summed E-state index contributed by atoms with van der Waals surface area (Å²) in [5.74, 6) is -1.93. The van der Waals surface area contributed by atoms with Crippen LogP contribution in [0.25, 0.3) is 5.69 Å². The van der Waals surface area contributed by atoms with Crippen molar-refractivity contribution < 1.29 is 27.8 Å². The molecule has 2 amide bonds. The van der Waals surface area contributed by atoms with E-state index in [0.29, 0.717) is 0 Å². The number of nitrogens with one attached hydrogen (secondary N) is 1. The zero-order chi connectivity index (χ0) is 19.0. The molecule has 0 spiro atoms. The number of alkyl halides is 2. The number of imide groups is 1. The average molecular weight is 365 g/mol. The summed E-state index contributed by atoms with van der Waals surface area (Å²) in [4.78, 5) is 35.9. The van der Waals surface area contributed by atoms with E-state index >= 15 is 0 Å². The molecule has 0 bridgehead atoms. The minimum absolute atomic E-state index is 0.0300. The maximum absolute atomic E-state index is 12.5. The van der Waals surface area contributed by atoms with Crippen molar-refractivity contribution in [1.82, 2.24) is 9.88 Å². The Morgan fingerprint density at radius 2 is 1.88 bits per heavy atom. The van der Waals surface area contributed by atoms with Gasteiger partial charge in [-0.25, -0.2) is 0 Å². The van der Waals surface area contributed by atoms with E-state index in [2.05, 4.69) is 10.1 Å². The Bertz CT molecular complexity index is 971. The predicted molar refractivity (Wildman–Crippen MR) is 86.0 cm³/mol. The molecule has 0 radical (unpaired) electrons. The van der Waals surface area contributed by atoms with Crippen molar-refractivity contribution in [2.75, 3.05) is 12.3 Å². The molecule has 8 nitrogen and oxygen atoms in total. The molecule has 1 aromatic heterocycles. The molecular formula is C16H13F2N3O5. The minimum Gasteiger partial charge on any atom is -0.490 e. The van der Waals surface area contributed by atoms with E-state index in [4.69, 9.17) is 10.5 Å². The SMILES string of the molecule is CCOc1cc(-n2c(N)c3c(cc2=O)C(=O)NC3=O)ccc1OC(F)F. The number of nitrogen functional groups attached to an aromatic ring is 1. The Morgan fingerprint density at radius 1 is 1.15 bits per heavy atom. The van der Waals surface area contributed by atoms with Gasteiger partial charge < -0.3 is 15.2 Å². The van der Waals surface area contributed by atoms with Crippen LogP contribution < -0.4 is 26.1 Å². The van der Waals surface area contributed by atoms with E-state index in [1.807, 2.05) is 0 Å². The van der Waals surface area contributed by atoms with Crippen LogP contribution in [-0.4, -0.2) is 29.6 Å². The molecule has 1 aliphatic heterocycles. The summed E-state index contributed by atoms with van der Waals surface area (Å²) in [5, 5.41) is 2.05. The van der Waals surface area contributed by atoms with Gasteiger partial charge >= 0.3 is 6.61 Å². The molecular weight excluding hydrogens is 352 g/mol. The fourth-order valence-electron chi connectivity index (χ4n) is 2.64. The van der Waals surface area contributed by atoms with Gasteiger partial charge in [0.1, 0.15) is 5.82 Å². The molecule has 0 saturated heterocycles. The van der Waals surface area contributed by atoms with E-state index in [0.717, 1.165) is 10.6 Å². The number of nitrogens with two attached hydrogens (primary N) is 1. The van der Waals surface area contributed by atoms with Crippen LogP contribution in [0.15, 0.2) is 29.1 Å². The Labute approximate surface area is 145 Å². The Morgan fingerprint density at radius 3 is 2.54 bits per heavy atom. The minimum atomic E-state index is -3.05. The third-order valence-electron chi connectivity index (χ3n) is 3.65. The molecule has 26 heavy (non-hydrogen) atoms. The van der Waals surface area contributed by atoms with Crippen molar-refractivity contribution >= 4 is 17.6 Å². The van der Waals surface area contributed by atoms with Crippen LogP contribution in [0.1, 0.15) is 27.6 Å². The van der Waals surface area contributed by atoms with Gasteiger partial charge in [-0.15, -0.1) is 0 Å². The molecule has 1 aliphatic rings. The lowest BCUT2D eigenvalue weighted by Crippen LogP contribution is -2.24. The highest BCUT2D eigenvalue weighted by molar-refractivity contribution is 6.23. The number of anilines is 1. The second-order valence-corrected chi connectivity index (χ2v) is 5.22. The fourth-order valence-corrected chi connectivity index (χ4v) is 2.64. The van der Waals surface area contributed by atoms with Crippen LogP contribution in [0.2, 0.25) is 0 Å². The molecule has 2 heterocycles. The zero-order valence-electron chi connectivity index (χ0n) is 13.4. The molecule has 0 saturated carbocycles. The Kier molecular flexibility index (Phi) is 4.33. The van der Waals surface area contributed by atoms with Crippen LogP contribution in [0.4, 0.5) is 14.6 Å². The predicted octanol–water partition coefficient (Wildman–Crippen LogP) is 1.30. The van der Waals surface area contributed by atoms with Crippen LogP contribution >= 0.6 is 0 Å². The van der Waals surface area contributed by atoms with Gasteiger partial charge in [0.2, 0.25) is 0 Å². The Hall–Kier alpha value is -3.43. The van der Waals surface area contributed by atoms with E-state index in [-0.39, 0.29) is 40.7 Å². The van der Waals surface area contributed by atoms with Gasteiger partial charge in [0.25, 0.3) is 17.4 Å². The van der Waals surface area contributed by atoms with Crippen molar-refractivity contribution in [3.8, 4) is 17.2 Å². The normalized spacial score (nSPS) is 12.9. The van der Waals surface area contributed by atoms with Gasteiger partial charge in [-0.1, -0.05) is 0 Å². The zero-order valence-corrected chi connectivity index (χ0v) is 13.4. The summed E-state index contributed by atoms with van der Waals surface area (Å²) in [6, 6.07) is 4.76. The first-order valence-corrected chi connectivity index (χ1v) is 7.46. The Balaban J connectivity index is 2.17. The van der Waals surface area contributed by atoms with Crippen LogP contribution in [-0.2, 0) is 0 Å². The van der Waals surface area contributed by atoms with Crippen molar-refractivity contribution in [3.05, 3.63) is 45.7 Å². The summed E-state index contributed by atoms with van der Waals surface area (Å²) >= 11 is 0. The van der Waals surface area contributed by atoms with Gasteiger partial charge in [-0.2, -0.15) is 8.78 Å². The van der Waals surface area contributed by atoms with Gasteiger partial charge in [-0.05, 0) is 19.1 Å². The number of pyridine rings is 1. The number of ether oxygens (including phenoxy) is 2. The van der Waals surface area contributed by atoms with Gasteiger partial charge in [0.05, 0.1) is 23.4 Å². The molecule has 3 N–H and O–H groups in total. The first-order valence-electron chi connectivity index (χ1n) is 7.46. The highest BCUT2D eigenvalue weighted by Gasteiger charge is 2.32. The number of rotatable bonds is 5. The smallest absolute Gasteiger partial charge is 0.387 e. The highest BCUT2D eigenvalue weighted by atomic mass is 19.3. The van der Waals surface area contributed by atoms with E-state index in [1.165, 1.54) is 18.2 Å². The monoisotopic (exact) mass is 365 g/mol. The van der Waals surface area contributed by atoms with Crippen molar-refractivity contribution in [2.24, 2.45) is 0 Å². The number of amides is 2. The maximum atomic E-state index is 12.5. The standard InChI is InChI=1S/C16H13F2N3O5/c1-2-25-10-5-7(3-4-9(10)26-16(17)18)21-11(22)6-8-12(13(21)19)15(24)20-14(8)23/h3-6,16H,2,19H2,1H3,(H,20,23,24). The fraction of sp³-hybridized carbons (Fsp3) is 0.188. The molecule has 0 unspecified atom stereocenters. The quantitative estimate of drug-likeness (QED) is 0.773. The number of hydrogen-bond acceptors (Lipinski definition) is 6. The molecule has 0 atom stereocenters. The number of fused-ring (bicyclic) bond motifs is 1. The van der Waals surface area contributed by atoms with Crippen molar-refractivity contribution in [3.63, 3.8) is 0 Å². The van der Waals surface area contributed by atoms with Crippen molar-refractivity contribution in [1.29, 1.82) is 0 Å². The highest BCUT2D eigenvalue weighted by Crippen LogP contribution is 2.32. The summed E-state index contributed by atoms with van der Waals surface area (Å²) in [5.41, 5.74) is 5.17. The lowest BCUT2D eigenvalue weighted by molar-refractivity contribution is -0.0514. The molecule has 136 valence electrons. The molecule has 2 aromatic rings. The van der Waals surface area contributed by atoms with Gasteiger partial charge in [-0.3, -0.25) is 24.3 Å². The number of benzene rings is 1. The van der Waals surface area contributed by atoms with Crippen molar-refractivity contribution in [2.45, 2.75) is 13.5 Å². The van der Waals surface area contributed by atoms with Crippen LogP contribution in [0.3, 0.4) is 0 Å². The van der Waals surface area contributed by atoms with E-state index in [1.54, 1.807) is 6.92 Å². The largest absolute Gasteiger partial charge is 0.490 e. The molecule has 0 aliphatic carbocycles. The number of carbonyl (C=O) groups is 2. The second kappa shape index (κ2) is 6.47. The van der Waals surface area contributed by atoms with Gasteiger partial charge in [0.15, 0.2) is 11.5 Å². The second-order valence-electron chi connectivity index (χ2n) is 5.22. The van der Waals surface area contributed by atoms with Crippen LogP contribution in [0, 0.1) is 0 Å². The maximum Gasteiger partial charge on any atom is 0.387 e. The first-order chi connectivity index (χ1) is 12.3. The van der Waals surface area contributed by atoms with E-state index in [9.17, 15) is 23.2 Å². The third-order valence-corrected chi connectivity index (χ3v) is 3.65. The lowest BCUT2D eigenvalue weighted by atomic mass is 10.1. The summed E-state index contributed by atoms with van der Waals surface area (Å²) in [6.07, 6.45) is 0. The summed E-state index contributed by atoms with van der Waals surface area (Å²) in [7, 11) is 0. The number of carbonyl (C=O) groups excluding carboxylic acids is 2. The van der Waals surface area contributed by atoms with E-state index < -0.39 is 24.0 Å². The lowest BCUT2D eigenvalue weighted by Gasteiger charge is -2.15. The van der Waals surface area contributed by atoms with Gasteiger partial charge in [0, 0.05) is 12.1 Å². The molecule has 10 heteroatoms. The first kappa shape index (κ1) is 17.4. The molecule has 0 fully saturated rings. The summed E-state index contributed by atoms with van der Waals surface area (Å²) < 4.78 is 35.6. The van der Waals surface area contributed by atoms with Crippen LogP contribution in [0.5, 0.6) is 11.5 Å². The molecule has 1 aromatic carbocycles. The topological polar surface area (TPSA) is 113 Å². The number of nitrogens with zero attached hydrogens (tertiary/aromatic N) is 1. The number of hydrogen-bond donors (Lipinski definition) is 2. The third kappa shape index (κ3) is 2.85. The molecule has 3 rings (SSSR count). The number of aromatic nitrogens is 1. The average Bonchev–Trinajstić information content (AvgIpc) is 2.83.